The van der Waals surface area contributed by atoms with Crippen LogP contribution in [-0.2, 0) is 6.42 Å². The van der Waals surface area contributed by atoms with Gasteiger partial charge in [-0.3, -0.25) is 9.98 Å². The van der Waals surface area contributed by atoms with Crippen molar-refractivity contribution in [2.24, 2.45) is 16.6 Å². The molecular formula is C18H32N4O. The van der Waals surface area contributed by atoms with Gasteiger partial charge in [0, 0.05) is 37.5 Å². The first-order valence-corrected chi connectivity index (χ1v) is 8.80. The van der Waals surface area contributed by atoms with Gasteiger partial charge in [-0.05, 0) is 25.0 Å². The molecule has 0 aliphatic carbocycles. The molecule has 0 saturated heterocycles. The van der Waals surface area contributed by atoms with Crippen molar-refractivity contribution < 1.29 is 5.11 Å². The molecule has 0 fully saturated rings. The Kier molecular flexibility index (Phi) is 10.9. The van der Waals surface area contributed by atoms with Gasteiger partial charge in [-0.1, -0.05) is 45.1 Å². The van der Waals surface area contributed by atoms with E-state index < -0.39 is 0 Å². The lowest BCUT2D eigenvalue weighted by atomic mass is 10.0. The van der Waals surface area contributed by atoms with E-state index in [4.69, 9.17) is 5.73 Å². The van der Waals surface area contributed by atoms with Crippen molar-refractivity contribution in [3.63, 3.8) is 0 Å². The van der Waals surface area contributed by atoms with E-state index in [1.165, 1.54) is 32.1 Å². The summed E-state index contributed by atoms with van der Waals surface area (Å²) in [6.45, 7) is 3.70. The maximum Gasteiger partial charge on any atom is 0.188 e. The Hall–Kier alpha value is -1.62. The summed E-state index contributed by atoms with van der Waals surface area (Å²) >= 11 is 0. The highest BCUT2D eigenvalue weighted by atomic mass is 16.3. The summed E-state index contributed by atoms with van der Waals surface area (Å²) in [5, 5.41) is 12.6. The number of unbranched alkanes of at least 4 members (excludes halogenated alkanes) is 5. The molecule has 0 aromatic carbocycles. The number of aliphatic hydroxyl groups is 1. The number of aliphatic imine (C=N–C) groups is 1. The maximum absolute atomic E-state index is 9.46. The van der Waals surface area contributed by atoms with Gasteiger partial charge in [-0.25, -0.2) is 0 Å². The number of hydrogen-bond donors (Lipinski definition) is 3. The fourth-order valence-corrected chi connectivity index (χ4v) is 2.41. The van der Waals surface area contributed by atoms with Crippen LogP contribution >= 0.6 is 0 Å². The molecule has 1 heterocycles. The van der Waals surface area contributed by atoms with E-state index in [0.29, 0.717) is 18.9 Å². The number of nitrogens with zero attached hydrogens (tertiary/aromatic N) is 2. The van der Waals surface area contributed by atoms with Gasteiger partial charge >= 0.3 is 0 Å². The van der Waals surface area contributed by atoms with E-state index in [9.17, 15) is 5.11 Å². The Balaban J connectivity index is 2.18. The summed E-state index contributed by atoms with van der Waals surface area (Å²) in [6, 6.07) is 5.81. The summed E-state index contributed by atoms with van der Waals surface area (Å²) < 4.78 is 0. The van der Waals surface area contributed by atoms with Crippen LogP contribution < -0.4 is 11.1 Å². The normalized spacial score (nSPS) is 13.0. The first kappa shape index (κ1) is 19.4. The van der Waals surface area contributed by atoms with Crippen molar-refractivity contribution in [3.8, 4) is 0 Å². The molecule has 1 unspecified atom stereocenters. The molecule has 0 spiro atoms. The molecule has 0 aliphatic rings. The molecule has 1 rings (SSSR count). The smallest absolute Gasteiger partial charge is 0.188 e. The highest BCUT2D eigenvalue weighted by Crippen LogP contribution is 2.06. The number of aliphatic hydroxyl groups excluding tert-OH is 1. The Morgan fingerprint density at radius 2 is 2.04 bits per heavy atom. The molecular weight excluding hydrogens is 288 g/mol. The monoisotopic (exact) mass is 320 g/mol. The lowest BCUT2D eigenvalue weighted by molar-refractivity contribution is 0.229. The molecule has 5 heteroatoms. The zero-order chi connectivity index (χ0) is 16.8. The molecule has 1 aromatic rings. The van der Waals surface area contributed by atoms with Crippen LogP contribution in [0.4, 0.5) is 0 Å². The molecule has 4 N–H and O–H groups in total. The predicted molar refractivity (Wildman–Crippen MR) is 96.4 cm³/mol. The summed E-state index contributed by atoms with van der Waals surface area (Å²) in [6.07, 6.45) is 10.1. The van der Waals surface area contributed by atoms with E-state index in [0.717, 1.165) is 18.7 Å². The molecule has 0 radical (unpaired) electrons. The first-order chi connectivity index (χ1) is 11.3. The molecule has 1 atom stereocenters. The molecule has 0 saturated carbocycles. The number of hydrogen-bond acceptors (Lipinski definition) is 3. The molecule has 23 heavy (non-hydrogen) atoms. The predicted octanol–water partition coefficient (Wildman–Crippen LogP) is 2.50. The molecule has 0 bridgehead atoms. The fourth-order valence-electron chi connectivity index (χ4n) is 2.41. The topological polar surface area (TPSA) is 83.5 Å². The third kappa shape index (κ3) is 9.89. The number of pyridine rings is 1. The van der Waals surface area contributed by atoms with Gasteiger partial charge in [0.15, 0.2) is 5.96 Å². The van der Waals surface area contributed by atoms with Crippen LogP contribution in [0.3, 0.4) is 0 Å². The quantitative estimate of drug-likeness (QED) is 0.314. The lowest BCUT2D eigenvalue weighted by Crippen LogP contribution is -2.33. The third-order valence-corrected chi connectivity index (χ3v) is 3.84. The Bertz CT molecular complexity index is 422. The van der Waals surface area contributed by atoms with Gasteiger partial charge in [0.2, 0.25) is 0 Å². The van der Waals surface area contributed by atoms with E-state index in [-0.39, 0.29) is 12.5 Å². The van der Waals surface area contributed by atoms with Crippen LogP contribution in [-0.4, -0.2) is 35.7 Å². The van der Waals surface area contributed by atoms with E-state index in [2.05, 4.69) is 22.2 Å². The third-order valence-electron chi connectivity index (χ3n) is 3.84. The number of nitrogens with one attached hydrogen (secondary N) is 1. The van der Waals surface area contributed by atoms with E-state index in [1.54, 1.807) is 6.20 Å². The zero-order valence-electron chi connectivity index (χ0n) is 14.4. The van der Waals surface area contributed by atoms with Gasteiger partial charge in [-0.15, -0.1) is 0 Å². The highest BCUT2D eigenvalue weighted by Gasteiger charge is 2.09. The van der Waals surface area contributed by atoms with E-state index >= 15 is 0 Å². The minimum atomic E-state index is 0.0549. The van der Waals surface area contributed by atoms with Crippen LogP contribution in [0.1, 0.15) is 51.1 Å². The van der Waals surface area contributed by atoms with Gasteiger partial charge in [0.05, 0.1) is 0 Å². The van der Waals surface area contributed by atoms with Crippen molar-refractivity contribution in [3.05, 3.63) is 30.1 Å². The molecule has 5 nitrogen and oxygen atoms in total. The summed E-state index contributed by atoms with van der Waals surface area (Å²) in [5.41, 5.74) is 6.85. The van der Waals surface area contributed by atoms with Crippen LogP contribution in [0.5, 0.6) is 0 Å². The zero-order valence-corrected chi connectivity index (χ0v) is 14.4. The van der Waals surface area contributed by atoms with Crippen molar-refractivity contribution in [1.29, 1.82) is 0 Å². The maximum atomic E-state index is 9.46. The largest absolute Gasteiger partial charge is 0.396 e. The van der Waals surface area contributed by atoms with Gasteiger partial charge in [-0.2, -0.15) is 0 Å². The standard InChI is InChI=1S/C18H32N4O/c1-2-3-4-5-6-8-12-21-18(19)22-14-16(15-23)13-17-10-7-9-11-20-17/h7,9-11,16,23H,2-6,8,12-15H2,1H3,(H3,19,21,22). The van der Waals surface area contributed by atoms with Crippen LogP contribution in [0, 0.1) is 5.92 Å². The molecule has 0 amide bonds. The van der Waals surface area contributed by atoms with Crippen molar-refractivity contribution in [1.82, 2.24) is 10.3 Å². The lowest BCUT2D eigenvalue weighted by Gasteiger charge is -2.12. The average Bonchev–Trinajstić information content (AvgIpc) is 2.58. The molecule has 130 valence electrons. The number of nitrogens with two attached hydrogens (primary N) is 1. The summed E-state index contributed by atoms with van der Waals surface area (Å²) in [7, 11) is 0. The SMILES string of the molecule is CCCCCCCCNC(N)=NCC(CO)Cc1ccccn1. The van der Waals surface area contributed by atoms with Gasteiger partial charge in [0.1, 0.15) is 0 Å². The van der Waals surface area contributed by atoms with Crippen molar-refractivity contribution >= 4 is 5.96 Å². The van der Waals surface area contributed by atoms with Crippen LogP contribution in [0.25, 0.3) is 0 Å². The Labute approximate surface area is 140 Å². The number of guanidine groups is 1. The van der Waals surface area contributed by atoms with Gasteiger partial charge < -0.3 is 16.2 Å². The summed E-state index contributed by atoms with van der Waals surface area (Å²) in [4.78, 5) is 8.61. The molecule has 1 aromatic heterocycles. The van der Waals surface area contributed by atoms with E-state index in [1.807, 2.05) is 18.2 Å². The van der Waals surface area contributed by atoms with Crippen LogP contribution in [0.15, 0.2) is 29.4 Å². The average molecular weight is 320 g/mol. The highest BCUT2D eigenvalue weighted by molar-refractivity contribution is 5.77. The van der Waals surface area contributed by atoms with Crippen molar-refractivity contribution in [2.75, 3.05) is 19.7 Å². The van der Waals surface area contributed by atoms with Crippen LogP contribution in [0.2, 0.25) is 0 Å². The number of rotatable bonds is 12. The van der Waals surface area contributed by atoms with Gasteiger partial charge in [0.25, 0.3) is 0 Å². The molecule has 0 aliphatic heterocycles. The first-order valence-electron chi connectivity index (χ1n) is 8.80. The second-order valence-corrected chi connectivity index (χ2v) is 5.99. The summed E-state index contributed by atoms with van der Waals surface area (Å²) in [5.74, 6) is 0.525. The second-order valence-electron chi connectivity index (χ2n) is 5.99. The minimum absolute atomic E-state index is 0.0549. The fraction of sp³-hybridized carbons (Fsp3) is 0.667. The Morgan fingerprint density at radius 1 is 1.26 bits per heavy atom. The second kappa shape index (κ2) is 12.9. The van der Waals surface area contributed by atoms with Crippen molar-refractivity contribution in [2.45, 2.75) is 51.9 Å². The Morgan fingerprint density at radius 3 is 2.74 bits per heavy atom. The minimum Gasteiger partial charge on any atom is -0.396 e. The number of aromatic nitrogens is 1.